The molecule has 3 aromatic rings. The van der Waals surface area contributed by atoms with E-state index >= 15 is 0 Å². The quantitative estimate of drug-likeness (QED) is 0.642. The molecule has 0 bridgehead atoms. The van der Waals surface area contributed by atoms with Crippen molar-refractivity contribution in [1.29, 1.82) is 0 Å². The maximum atomic E-state index is 13.2. The van der Waals surface area contributed by atoms with E-state index in [9.17, 15) is 14.0 Å². The van der Waals surface area contributed by atoms with Crippen LogP contribution in [-0.4, -0.2) is 62.8 Å². The van der Waals surface area contributed by atoms with Crippen LogP contribution in [0, 0.1) is 5.82 Å². The molecule has 9 heteroatoms. The van der Waals surface area contributed by atoms with E-state index in [-0.39, 0.29) is 28.1 Å². The third-order valence-corrected chi connectivity index (χ3v) is 5.27. The number of hydrogen-bond acceptors (Lipinski definition) is 4. The van der Waals surface area contributed by atoms with Gasteiger partial charge in [0.2, 0.25) is 0 Å². The van der Waals surface area contributed by atoms with Gasteiger partial charge in [-0.3, -0.25) is 9.59 Å². The molecule has 1 aliphatic heterocycles. The zero-order valence-corrected chi connectivity index (χ0v) is 16.8. The molecule has 30 heavy (non-hydrogen) atoms. The van der Waals surface area contributed by atoms with Gasteiger partial charge >= 0.3 is 0 Å². The van der Waals surface area contributed by atoms with E-state index in [0.29, 0.717) is 32.7 Å². The lowest BCUT2D eigenvalue weighted by atomic mass is 10.1. The molecule has 0 aliphatic carbocycles. The van der Waals surface area contributed by atoms with E-state index in [2.05, 4.69) is 10.3 Å². The Morgan fingerprint density at radius 1 is 0.967 bits per heavy atom. The Balaban J connectivity index is 1.36. The first-order chi connectivity index (χ1) is 14.5. The Bertz CT molecular complexity index is 1060. The van der Waals surface area contributed by atoms with Crippen molar-refractivity contribution in [2.75, 3.05) is 26.2 Å². The van der Waals surface area contributed by atoms with Crippen molar-refractivity contribution >= 4 is 23.4 Å². The van der Waals surface area contributed by atoms with Crippen LogP contribution in [0.2, 0.25) is 5.02 Å². The SMILES string of the molecule is O=C(c1cn(Cc2ccccc2)nn1)N1CCN(C(=O)c2ccc(F)cc2Cl)CC1. The van der Waals surface area contributed by atoms with Crippen LogP contribution in [0.15, 0.2) is 54.7 Å². The maximum Gasteiger partial charge on any atom is 0.276 e. The zero-order valence-electron chi connectivity index (χ0n) is 16.0. The van der Waals surface area contributed by atoms with Gasteiger partial charge in [-0.1, -0.05) is 47.1 Å². The summed E-state index contributed by atoms with van der Waals surface area (Å²) in [6.07, 6.45) is 1.63. The number of halogens is 2. The van der Waals surface area contributed by atoms with Crippen molar-refractivity contribution in [3.05, 3.63) is 82.4 Å². The van der Waals surface area contributed by atoms with Crippen LogP contribution in [0.5, 0.6) is 0 Å². The first kappa shape index (κ1) is 20.0. The van der Waals surface area contributed by atoms with Gasteiger partial charge in [0.15, 0.2) is 5.69 Å². The molecule has 0 unspecified atom stereocenters. The topological polar surface area (TPSA) is 71.3 Å². The number of aromatic nitrogens is 3. The molecule has 0 atom stereocenters. The second kappa shape index (κ2) is 8.62. The van der Waals surface area contributed by atoms with Gasteiger partial charge in [-0.15, -0.1) is 5.10 Å². The highest BCUT2D eigenvalue weighted by Gasteiger charge is 2.27. The van der Waals surface area contributed by atoms with Crippen molar-refractivity contribution < 1.29 is 14.0 Å². The van der Waals surface area contributed by atoms with E-state index in [1.807, 2.05) is 30.3 Å². The molecule has 1 aliphatic rings. The number of carbonyl (C=O) groups is 2. The highest BCUT2D eigenvalue weighted by Crippen LogP contribution is 2.20. The first-order valence-corrected chi connectivity index (χ1v) is 9.87. The van der Waals surface area contributed by atoms with Gasteiger partial charge in [-0.25, -0.2) is 9.07 Å². The smallest absolute Gasteiger partial charge is 0.276 e. The summed E-state index contributed by atoms with van der Waals surface area (Å²) in [5.41, 5.74) is 1.59. The molecular weight excluding hydrogens is 409 g/mol. The van der Waals surface area contributed by atoms with E-state index in [1.54, 1.807) is 20.7 Å². The third-order valence-electron chi connectivity index (χ3n) is 4.96. The fourth-order valence-corrected chi connectivity index (χ4v) is 3.60. The molecule has 154 valence electrons. The summed E-state index contributed by atoms with van der Waals surface area (Å²) in [7, 11) is 0. The van der Waals surface area contributed by atoms with E-state index in [1.165, 1.54) is 12.1 Å². The molecule has 0 saturated carbocycles. The van der Waals surface area contributed by atoms with Gasteiger partial charge in [0, 0.05) is 26.2 Å². The van der Waals surface area contributed by atoms with Crippen LogP contribution < -0.4 is 0 Å². The van der Waals surface area contributed by atoms with Gasteiger partial charge < -0.3 is 9.80 Å². The van der Waals surface area contributed by atoms with Gasteiger partial charge in [-0.05, 0) is 23.8 Å². The average molecular weight is 428 g/mol. The highest BCUT2D eigenvalue weighted by atomic mass is 35.5. The number of benzene rings is 2. The first-order valence-electron chi connectivity index (χ1n) is 9.49. The maximum absolute atomic E-state index is 13.2. The van der Waals surface area contributed by atoms with Gasteiger partial charge in [0.25, 0.3) is 11.8 Å². The van der Waals surface area contributed by atoms with E-state index in [4.69, 9.17) is 11.6 Å². The molecule has 1 saturated heterocycles. The lowest BCUT2D eigenvalue weighted by Gasteiger charge is -2.34. The molecule has 7 nitrogen and oxygen atoms in total. The Morgan fingerprint density at radius 2 is 1.63 bits per heavy atom. The summed E-state index contributed by atoms with van der Waals surface area (Å²) in [6, 6.07) is 13.5. The van der Waals surface area contributed by atoms with E-state index < -0.39 is 5.82 Å². The Kier molecular flexibility index (Phi) is 5.76. The van der Waals surface area contributed by atoms with Crippen molar-refractivity contribution in [3.63, 3.8) is 0 Å². The number of rotatable bonds is 4. The highest BCUT2D eigenvalue weighted by molar-refractivity contribution is 6.33. The van der Waals surface area contributed by atoms with Crippen molar-refractivity contribution in [2.45, 2.75) is 6.54 Å². The summed E-state index contributed by atoms with van der Waals surface area (Å²) in [5.74, 6) is -0.991. The number of hydrogen-bond donors (Lipinski definition) is 0. The number of nitrogens with zero attached hydrogens (tertiary/aromatic N) is 5. The van der Waals surface area contributed by atoms with Crippen molar-refractivity contribution in [2.24, 2.45) is 0 Å². The van der Waals surface area contributed by atoms with Crippen LogP contribution in [0.4, 0.5) is 4.39 Å². The molecule has 2 amide bonds. The van der Waals surface area contributed by atoms with Gasteiger partial charge in [-0.2, -0.15) is 0 Å². The minimum absolute atomic E-state index is 0.0773. The normalized spacial score (nSPS) is 14.1. The molecule has 2 aromatic carbocycles. The minimum atomic E-state index is -0.493. The minimum Gasteiger partial charge on any atom is -0.335 e. The van der Waals surface area contributed by atoms with Gasteiger partial charge in [0.05, 0.1) is 23.3 Å². The monoisotopic (exact) mass is 427 g/mol. The summed E-state index contributed by atoms with van der Waals surface area (Å²) in [5, 5.41) is 8.11. The van der Waals surface area contributed by atoms with Crippen LogP contribution in [0.3, 0.4) is 0 Å². The third kappa shape index (κ3) is 4.33. The lowest BCUT2D eigenvalue weighted by molar-refractivity contribution is 0.0532. The summed E-state index contributed by atoms with van der Waals surface area (Å²) in [4.78, 5) is 28.6. The Morgan fingerprint density at radius 3 is 2.30 bits per heavy atom. The van der Waals surface area contributed by atoms with E-state index in [0.717, 1.165) is 11.6 Å². The van der Waals surface area contributed by atoms with Crippen LogP contribution in [0.1, 0.15) is 26.4 Å². The number of amides is 2. The molecular formula is C21H19ClFN5O2. The average Bonchev–Trinajstić information content (AvgIpc) is 3.22. The van der Waals surface area contributed by atoms with Crippen molar-refractivity contribution in [1.82, 2.24) is 24.8 Å². The summed E-state index contributed by atoms with van der Waals surface area (Å²) >= 11 is 5.99. The Hall–Kier alpha value is -3.26. The van der Waals surface area contributed by atoms with Gasteiger partial charge in [0.1, 0.15) is 5.82 Å². The zero-order chi connectivity index (χ0) is 21.1. The molecule has 0 N–H and O–H groups in total. The predicted octanol–water partition coefficient (Wildman–Crippen LogP) is 2.72. The molecule has 2 heterocycles. The molecule has 1 fully saturated rings. The standard InChI is InChI=1S/C21H19ClFN5O2/c22-18-12-16(23)6-7-17(18)20(29)26-8-10-27(11-9-26)21(30)19-14-28(25-24-19)13-15-4-2-1-3-5-15/h1-7,12,14H,8-11,13H2. The predicted molar refractivity (Wildman–Crippen MR) is 109 cm³/mol. The number of carbonyl (C=O) groups excluding carboxylic acids is 2. The van der Waals surface area contributed by atoms with Crippen LogP contribution in [-0.2, 0) is 6.54 Å². The fourth-order valence-electron chi connectivity index (χ4n) is 3.35. The second-order valence-corrected chi connectivity index (χ2v) is 7.40. The van der Waals surface area contributed by atoms with Crippen LogP contribution >= 0.6 is 11.6 Å². The number of piperazine rings is 1. The lowest BCUT2D eigenvalue weighted by Crippen LogP contribution is -2.50. The Labute approximate surface area is 177 Å². The van der Waals surface area contributed by atoms with Crippen LogP contribution in [0.25, 0.3) is 0 Å². The molecule has 4 rings (SSSR count). The fraction of sp³-hybridized carbons (Fsp3) is 0.238. The largest absolute Gasteiger partial charge is 0.335 e. The van der Waals surface area contributed by atoms with Crippen molar-refractivity contribution in [3.8, 4) is 0 Å². The molecule has 0 spiro atoms. The molecule has 1 aromatic heterocycles. The second-order valence-electron chi connectivity index (χ2n) is 7.00. The molecule has 0 radical (unpaired) electrons. The summed E-state index contributed by atoms with van der Waals surface area (Å²) in [6.45, 7) is 1.98. The summed E-state index contributed by atoms with van der Waals surface area (Å²) < 4.78 is 14.8.